The third-order valence-electron chi connectivity index (χ3n) is 15.0. The second kappa shape index (κ2) is 22.8. The van der Waals surface area contributed by atoms with Crippen molar-refractivity contribution >= 4 is 181 Å². The lowest BCUT2D eigenvalue weighted by Crippen LogP contribution is -2.10. The van der Waals surface area contributed by atoms with Crippen molar-refractivity contribution < 1.29 is 29.3 Å². The molecular weight excluding hydrogens is 1170 g/mol. The van der Waals surface area contributed by atoms with Crippen LogP contribution in [0.25, 0.3) is 77.9 Å². The first kappa shape index (κ1) is 55.1. The predicted molar refractivity (Wildman–Crippen MR) is 354 cm³/mol. The van der Waals surface area contributed by atoms with Gasteiger partial charge in [0.1, 0.15) is 12.2 Å². The molecule has 4 unspecified atom stereocenters. The number of aliphatic hydroxyl groups excluding tert-OH is 2. The van der Waals surface area contributed by atoms with Gasteiger partial charge >= 0.3 is 11.9 Å². The molecule has 0 fully saturated rings. The topological polar surface area (TPSA) is 93.1 Å². The molecule has 14 aromatic rings. The molecule has 0 saturated heterocycles. The number of aliphatic hydroxyl groups is 2. The highest BCUT2D eigenvalue weighted by atomic mass is 32.1. The van der Waals surface area contributed by atoms with Crippen molar-refractivity contribution in [2.75, 3.05) is 0 Å². The summed E-state index contributed by atoms with van der Waals surface area (Å²) in [5.74, 6) is -0.531. The molecule has 0 spiro atoms. The Labute approximate surface area is 506 Å². The fraction of sp³-hybridized carbons (Fsp3) is 0.206. The van der Waals surface area contributed by atoms with Crippen LogP contribution in [-0.2, 0) is 44.7 Å². The number of esters is 2. The maximum absolute atomic E-state index is 12.0. The quantitative estimate of drug-likeness (QED) is 0.105. The van der Waals surface area contributed by atoms with Gasteiger partial charge in [-0.1, -0.05) is 119 Å². The van der Waals surface area contributed by atoms with E-state index in [0.29, 0.717) is 25.7 Å². The van der Waals surface area contributed by atoms with Gasteiger partial charge in [0.2, 0.25) is 0 Å². The summed E-state index contributed by atoms with van der Waals surface area (Å²) in [6.45, 7) is 11.3. The third kappa shape index (κ3) is 11.4. The Bertz CT molecular complexity index is 4370. The van der Waals surface area contributed by atoms with Gasteiger partial charge in [-0.15, -0.1) is 90.7 Å². The number of aryl methyl sites for hydroxylation is 4. The highest BCUT2D eigenvalue weighted by molar-refractivity contribution is 7.35. The average Bonchev–Trinajstić information content (AvgIpc) is 3.14. The minimum absolute atomic E-state index is 0.265. The second-order valence-corrected chi connectivity index (χ2v) is 30.1. The number of fused-ring (bicyclic) bond motifs is 12. The van der Waals surface area contributed by atoms with Crippen LogP contribution in [0, 0.1) is 27.7 Å². The van der Waals surface area contributed by atoms with Crippen LogP contribution in [0.15, 0.2) is 146 Å². The summed E-state index contributed by atoms with van der Waals surface area (Å²) in [6, 6.07) is 51.7. The number of carbonyl (C=O) groups excluding carboxylic acids is 2. The number of thiophene rings is 8. The van der Waals surface area contributed by atoms with Crippen molar-refractivity contribution in [3.05, 3.63) is 210 Å². The lowest BCUT2D eigenvalue weighted by molar-refractivity contribution is -0.147. The van der Waals surface area contributed by atoms with E-state index < -0.39 is 12.2 Å². The summed E-state index contributed by atoms with van der Waals surface area (Å²) >= 11 is 14.1. The Kier molecular flexibility index (Phi) is 15.3. The largest absolute Gasteiger partial charge is 0.456 e. The fourth-order valence-electron chi connectivity index (χ4n) is 10.7. The molecule has 14 heteroatoms. The van der Waals surface area contributed by atoms with Crippen molar-refractivity contribution in [2.24, 2.45) is 0 Å². The van der Waals surface area contributed by atoms with Gasteiger partial charge in [0.05, 0.1) is 31.0 Å². The van der Waals surface area contributed by atoms with E-state index in [9.17, 15) is 19.8 Å². The summed E-state index contributed by atoms with van der Waals surface area (Å²) in [4.78, 5) is 28.3. The highest BCUT2D eigenvalue weighted by Crippen LogP contribution is 2.50. The van der Waals surface area contributed by atoms with Gasteiger partial charge in [0, 0.05) is 118 Å². The highest BCUT2D eigenvalue weighted by Gasteiger charge is 2.25. The normalized spacial score (nSPS) is 13.5. The van der Waals surface area contributed by atoms with E-state index >= 15 is 0 Å². The number of rotatable bonds is 14. The van der Waals surface area contributed by atoms with Crippen molar-refractivity contribution in [3.8, 4) is 0 Å². The fourth-order valence-corrected chi connectivity index (χ4v) is 20.9. The Morgan fingerprint density at radius 1 is 0.341 bits per heavy atom. The molecule has 412 valence electrons. The minimum atomic E-state index is -0.488. The molecule has 0 saturated carbocycles. The standard InChI is InChI=1S/C36H30O4S4.C32H26O2S4/c1-19-5-9-23(10-6-19)13-27(39-21(3)37)31-17-33-35(43-31)25-15-30-26(16-29(25)41-33)36-34(42-30)18-32(44-36)28(40-22(4)38)14-24-11-7-20(2)8-12-24;1-17-3-7-19(8-4-17)11-23(33)27-15-29-31(37-27)21-13-26-22(14-25(21)35-29)32-30(36-26)16-28(38-32)24(34)12-20-9-5-18(2)6-10-20/h5-12,15-18,27-28H,13-14H2,1-4H3;3-10,13-16,23-24,33-34H,11-12H2,1-2H3. The maximum Gasteiger partial charge on any atom is 0.303 e. The van der Waals surface area contributed by atoms with Crippen molar-refractivity contribution in [3.63, 3.8) is 0 Å². The second-order valence-electron chi connectivity index (χ2n) is 21.5. The molecule has 0 aliphatic heterocycles. The SMILES string of the molecule is CC(=O)OC(Cc1ccc(C)cc1)c1cc2sc3cc4c(cc3c2s1)sc1cc(C(Cc2ccc(C)cc2)OC(C)=O)sc14.Cc1ccc(CC(O)c2cc3sc4cc5c(cc4c3s2)sc2cc(C(O)Cc3ccc(C)cc3)sc25)cc1. The van der Waals surface area contributed by atoms with Gasteiger partial charge in [-0.25, -0.2) is 0 Å². The molecule has 6 nitrogen and oxygen atoms in total. The Balaban J connectivity index is 0.000000155. The zero-order valence-electron chi connectivity index (χ0n) is 45.8. The molecule has 0 aliphatic carbocycles. The Morgan fingerprint density at radius 2 is 0.585 bits per heavy atom. The number of benzene rings is 6. The number of hydrogen-bond acceptors (Lipinski definition) is 14. The van der Waals surface area contributed by atoms with Crippen LogP contribution in [0.1, 0.15) is 102 Å². The Hall–Kier alpha value is -6.14. The first-order chi connectivity index (χ1) is 39.6. The molecule has 0 aliphatic rings. The number of hydrogen-bond donors (Lipinski definition) is 2. The molecule has 6 aromatic carbocycles. The van der Waals surface area contributed by atoms with E-state index in [0.717, 1.165) is 41.8 Å². The molecule has 0 bridgehead atoms. The van der Waals surface area contributed by atoms with Gasteiger partial charge < -0.3 is 19.7 Å². The van der Waals surface area contributed by atoms with E-state index in [2.05, 4.69) is 173 Å². The molecule has 8 heterocycles. The van der Waals surface area contributed by atoms with Crippen LogP contribution in [0.5, 0.6) is 0 Å². The lowest BCUT2D eigenvalue weighted by Gasteiger charge is -2.16. The molecule has 82 heavy (non-hydrogen) atoms. The van der Waals surface area contributed by atoms with E-state index in [1.54, 1.807) is 68.0 Å². The van der Waals surface area contributed by atoms with Crippen LogP contribution in [-0.4, -0.2) is 22.2 Å². The van der Waals surface area contributed by atoms with Gasteiger partial charge in [-0.2, -0.15) is 0 Å². The minimum Gasteiger partial charge on any atom is -0.456 e. The first-order valence-corrected chi connectivity index (χ1v) is 33.7. The molecule has 2 N–H and O–H groups in total. The van der Waals surface area contributed by atoms with Gasteiger partial charge in [0.15, 0.2) is 0 Å². The molecule has 8 aromatic heterocycles. The van der Waals surface area contributed by atoms with Crippen molar-refractivity contribution in [2.45, 2.75) is 91.6 Å². The van der Waals surface area contributed by atoms with Gasteiger partial charge in [-0.3, -0.25) is 9.59 Å². The summed E-state index contributed by atoms with van der Waals surface area (Å²) in [6.07, 6.45) is 0.972. The van der Waals surface area contributed by atoms with E-state index in [1.165, 1.54) is 114 Å². The number of carbonyl (C=O) groups is 2. The van der Waals surface area contributed by atoms with Crippen LogP contribution in [0.4, 0.5) is 0 Å². The maximum atomic E-state index is 12.0. The molecular formula is C68H56O6S8. The zero-order valence-corrected chi connectivity index (χ0v) is 52.3. The monoisotopic (exact) mass is 1220 g/mol. The number of ether oxygens (including phenoxy) is 2. The molecule has 14 rings (SSSR count). The zero-order chi connectivity index (χ0) is 56.5. The van der Waals surface area contributed by atoms with Crippen LogP contribution in [0.2, 0.25) is 0 Å². The first-order valence-electron chi connectivity index (χ1n) is 27.2. The molecule has 0 amide bonds. The van der Waals surface area contributed by atoms with Crippen molar-refractivity contribution in [1.82, 2.24) is 0 Å². The third-order valence-corrected chi connectivity index (χ3v) is 25.0. The molecule has 0 radical (unpaired) electrons. The van der Waals surface area contributed by atoms with E-state index in [1.807, 2.05) is 22.7 Å². The average molecular weight is 1230 g/mol. The summed E-state index contributed by atoms with van der Waals surface area (Å²) in [5, 5.41) is 27.0. The molecule has 4 atom stereocenters. The van der Waals surface area contributed by atoms with Crippen LogP contribution < -0.4 is 0 Å². The van der Waals surface area contributed by atoms with Gasteiger partial charge in [-0.05, 0) is 98.5 Å². The predicted octanol–water partition coefficient (Wildman–Crippen LogP) is 20.6. The van der Waals surface area contributed by atoms with Crippen LogP contribution >= 0.6 is 90.7 Å². The van der Waals surface area contributed by atoms with Crippen LogP contribution in [0.3, 0.4) is 0 Å². The smallest absolute Gasteiger partial charge is 0.303 e. The van der Waals surface area contributed by atoms with E-state index in [-0.39, 0.29) is 24.1 Å². The van der Waals surface area contributed by atoms with E-state index in [4.69, 9.17) is 9.47 Å². The Morgan fingerprint density at radius 3 is 0.854 bits per heavy atom. The summed E-state index contributed by atoms with van der Waals surface area (Å²) in [7, 11) is 0. The van der Waals surface area contributed by atoms with Crippen molar-refractivity contribution in [1.29, 1.82) is 0 Å². The lowest BCUT2D eigenvalue weighted by atomic mass is 10.1. The van der Waals surface area contributed by atoms with Gasteiger partial charge in [0.25, 0.3) is 0 Å². The summed E-state index contributed by atoms with van der Waals surface area (Å²) in [5.41, 5.74) is 9.52. The summed E-state index contributed by atoms with van der Waals surface area (Å²) < 4.78 is 26.7.